The molecular formula is C46H42N4Si. The Morgan fingerprint density at radius 3 is 1.90 bits per heavy atom. The number of fused-ring (bicyclic) bond motifs is 6. The van der Waals surface area contributed by atoms with Gasteiger partial charge in [-0.1, -0.05) is 126 Å². The van der Waals surface area contributed by atoms with Crippen LogP contribution in [0.5, 0.6) is 0 Å². The number of imidazole rings is 1. The molecule has 1 N–H and O–H groups in total. The highest BCUT2D eigenvalue weighted by Crippen LogP contribution is 2.37. The second kappa shape index (κ2) is 11.2. The summed E-state index contributed by atoms with van der Waals surface area (Å²) in [5.74, 6) is 0.868. The normalized spacial score (nSPS) is 13.8. The number of hydrogen-bond acceptors (Lipinski definition) is 2. The van der Waals surface area contributed by atoms with Crippen LogP contribution in [0.3, 0.4) is 0 Å². The summed E-state index contributed by atoms with van der Waals surface area (Å²) in [6.45, 7) is 13.9. The maximum atomic E-state index is 5.23. The fourth-order valence-corrected chi connectivity index (χ4v) is 13.3. The second-order valence-corrected chi connectivity index (χ2v) is 19.7. The van der Waals surface area contributed by atoms with Gasteiger partial charge in [-0.25, -0.2) is 4.98 Å². The van der Waals surface area contributed by atoms with E-state index in [9.17, 15) is 0 Å². The predicted molar refractivity (Wildman–Crippen MR) is 216 cm³/mol. The van der Waals surface area contributed by atoms with Crippen molar-refractivity contribution in [1.29, 1.82) is 0 Å². The van der Waals surface area contributed by atoms with Gasteiger partial charge >= 0.3 is 0 Å². The van der Waals surface area contributed by atoms with Crippen LogP contribution in [0.1, 0.15) is 52.7 Å². The molecule has 5 heteroatoms. The first-order valence-corrected chi connectivity index (χ1v) is 19.9. The average Bonchev–Trinajstić information content (AvgIpc) is 3.85. The van der Waals surface area contributed by atoms with Gasteiger partial charge in [0, 0.05) is 45.9 Å². The third-order valence-electron chi connectivity index (χ3n) is 10.9. The molecule has 8 aromatic rings. The quantitative estimate of drug-likeness (QED) is 0.190. The molecule has 0 unspecified atom stereocenters. The lowest BCUT2D eigenvalue weighted by atomic mass is 9.83. The molecule has 1 aliphatic rings. The van der Waals surface area contributed by atoms with E-state index in [-0.39, 0.29) is 10.8 Å². The topological polar surface area (TPSA) is 46.5 Å². The van der Waals surface area contributed by atoms with Crippen molar-refractivity contribution < 1.29 is 0 Å². The molecule has 51 heavy (non-hydrogen) atoms. The van der Waals surface area contributed by atoms with Crippen molar-refractivity contribution in [2.45, 2.75) is 52.4 Å². The van der Waals surface area contributed by atoms with Gasteiger partial charge in [0.15, 0.2) is 0 Å². The van der Waals surface area contributed by atoms with Gasteiger partial charge < -0.3 is 9.55 Å². The Kier molecular flexibility index (Phi) is 6.93. The number of hydrogen-bond donors (Lipinski definition) is 1. The van der Waals surface area contributed by atoms with Crippen molar-refractivity contribution in [1.82, 2.24) is 19.5 Å². The summed E-state index contributed by atoms with van der Waals surface area (Å²) in [5, 5.41) is 7.78. The van der Waals surface area contributed by atoms with Crippen molar-refractivity contribution >= 4 is 50.8 Å². The lowest BCUT2D eigenvalue weighted by molar-refractivity contribution is 0.589. The van der Waals surface area contributed by atoms with Gasteiger partial charge in [-0.15, -0.1) is 0 Å². The van der Waals surface area contributed by atoms with Crippen LogP contribution in [-0.4, -0.2) is 27.6 Å². The van der Waals surface area contributed by atoms with Gasteiger partial charge in [-0.3, -0.25) is 4.98 Å². The molecule has 250 valence electrons. The minimum atomic E-state index is -2.86. The molecule has 4 nitrogen and oxygen atoms in total. The molecule has 0 radical (unpaired) electrons. The lowest BCUT2D eigenvalue weighted by Crippen LogP contribution is -2.73. The molecule has 0 spiro atoms. The number of rotatable bonds is 4. The molecule has 3 aromatic heterocycles. The zero-order valence-corrected chi connectivity index (χ0v) is 31.1. The average molecular weight is 679 g/mol. The summed E-state index contributed by atoms with van der Waals surface area (Å²) in [6.07, 6.45) is 5.67. The molecule has 0 saturated heterocycles. The van der Waals surface area contributed by atoms with E-state index in [2.05, 4.69) is 171 Å². The fraction of sp³-hybridized carbons (Fsp3) is 0.174. The van der Waals surface area contributed by atoms with Gasteiger partial charge in [0.25, 0.3) is 0 Å². The predicted octanol–water partition coefficient (Wildman–Crippen LogP) is 8.52. The summed E-state index contributed by atoms with van der Waals surface area (Å²) in [6, 6.07) is 45.8. The van der Waals surface area contributed by atoms with Crippen molar-refractivity contribution in [3.05, 3.63) is 151 Å². The number of para-hydroxylation sites is 1. The van der Waals surface area contributed by atoms with E-state index >= 15 is 0 Å². The van der Waals surface area contributed by atoms with E-state index in [0.29, 0.717) is 0 Å². The number of pyridine rings is 1. The summed E-state index contributed by atoms with van der Waals surface area (Å²) in [7, 11) is -2.86. The Balaban J connectivity index is 1.36. The minimum Gasteiger partial charge on any atom is -0.345 e. The summed E-state index contributed by atoms with van der Waals surface area (Å²) in [4.78, 5) is 13.1. The highest BCUT2D eigenvalue weighted by Gasteiger charge is 2.50. The number of aromatic nitrogens is 4. The molecule has 0 atom stereocenters. The van der Waals surface area contributed by atoms with Crippen LogP contribution < -0.4 is 20.9 Å². The molecule has 0 aliphatic carbocycles. The molecule has 9 rings (SSSR count). The summed E-state index contributed by atoms with van der Waals surface area (Å²) in [5.41, 5.74) is 10.0. The third kappa shape index (κ3) is 4.79. The standard InChI is InChI=1S/C46H42N4Si/c1-45(2,3)31-18-21-41-37(27-31)38-28-32(46(4,5)6)19-22-42(38)51(41,43-16-9-10-23-47-43)34-13-11-12-33(29-34)50-39-15-8-7-14-35(39)36-20-17-30(26-40(36)50)44-48-24-25-49-44/h7-29H,1-6H3,(H,48,49). The fourth-order valence-electron chi connectivity index (χ4n) is 8.28. The molecule has 0 bridgehead atoms. The van der Waals surface area contributed by atoms with E-state index in [0.717, 1.165) is 27.9 Å². The van der Waals surface area contributed by atoms with E-state index in [1.54, 1.807) is 0 Å². The van der Waals surface area contributed by atoms with E-state index < -0.39 is 8.07 Å². The number of H-pyrrole nitrogens is 1. The molecule has 4 heterocycles. The smallest absolute Gasteiger partial charge is 0.203 e. The zero-order valence-electron chi connectivity index (χ0n) is 30.1. The van der Waals surface area contributed by atoms with E-state index in [4.69, 9.17) is 4.98 Å². The van der Waals surface area contributed by atoms with E-state index in [1.807, 2.05) is 24.7 Å². The van der Waals surface area contributed by atoms with Gasteiger partial charge in [0.05, 0.1) is 11.0 Å². The SMILES string of the molecule is CC(C)(C)c1ccc2c(c1)-c1cc(C(C)(C)C)ccc1[Si]2(c1cccc(-n2c3ccccc3c3ccc(-c4ncc[nH]4)cc32)c1)c1ccccn1. The monoisotopic (exact) mass is 678 g/mol. The zero-order chi connectivity index (χ0) is 35.1. The highest BCUT2D eigenvalue weighted by molar-refractivity contribution is 7.21. The van der Waals surface area contributed by atoms with Crippen molar-refractivity contribution in [3.8, 4) is 28.2 Å². The molecule has 0 saturated carbocycles. The van der Waals surface area contributed by atoms with Crippen LogP contribution in [0.4, 0.5) is 0 Å². The van der Waals surface area contributed by atoms with Crippen LogP contribution >= 0.6 is 0 Å². The molecular weight excluding hydrogens is 637 g/mol. The number of nitrogens with one attached hydrogen (secondary N) is 1. The summed E-state index contributed by atoms with van der Waals surface area (Å²) < 4.78 is 2.43. The molecule has 1 aliphatic heterocycles. The number of aromatic amines is 1. The third-order valence-corrected chi connectivity index (χ3v) is 15.6. The van der Waals surface area contributed by atoms with E-state index in [1.165, 1.54) is 54.1 Å². The van der Waals surface area contributed by atoms with Crippen molar-refractivity contribution in [2.24, 2.45) is 0 Å². The summed E-state index contributed by atoms with van der Waals surface area (Å²) >= 11 is 0. The van der Waals surface area contributed by atoms with Crippen molar-refractivity contribution in [3.63, 3.8) is 0 Å². The van der Waals surface area contributed by atoms with Gasteiger partial charge in [-0.05, 0) is 85.0 Å². The number of benzene rings is 5. The van der Waals surface area contributed by atoms with Crippen LogP contribution in [0.15, 0.2) is 140 Å². The number of nitrogens with zero attached hydrogens (tertiary/aromatic N) is 3. The van der Waals surface area contributed by atoms with Crippen molar-refractivity contribution in [2.75, 3.05) is 0 Å². The first kappa shape index (κ1) is 31.5. The Labute approximate surface area is 300 Å². The Morgan fingerprint density at radius 2 is 1.25 bits per heavy atom. The highest BCUT2D eigenvalue weighted by atomic mass is 28.3. The van der Waals surface area contributed by atoms with Crippen LogP contribution in [0.25, 0.3) is 50.0 Å². The molecule has 0 fully saturated rings. The van der Waals surface area contributed by atoms with Crippen LogP contribution in [-0.2, 0) is 10.8 Å². The minimum absolute atomic E-state index is 0.0274. The molecule has 5 aromatic carbocycles. The van der Waals surface area contributed by atoms with Gasteiger partial charge in [0.2, 0.25) is 8.07 Å². The maximum absolute atomic E-state index is 5.23. The van der Waals surface area contributed by atoms with Gasteiger partial charge in [0.1, 0.15) is 5.82 Å². The largest absolute Gasteiger partial charge is 0.345 e. The van der Waals surface area contributed by atoms with Crippen LogP contribution in [0, 0.1) is 0 Å². The van der Waals surface area contributed by atoms with Gasteiger partial charge in [-0.2, -0.15) is 0 Å². The first-order chi connectivity index (χ1) is 24.5. The lowest BCUT2D eigenvalue weighted by Gasteiger charge is -2.31. The second-order valence-electron chi connectivity index (χ2n) is 16.1. The van der Waals surface area contributed by atoms with Crippen LogP contribution in [0.2, 0.25) is 0 Å². The first-order valence-electron chi connectivity index (χ1n) is 17.9. The Bertz CT molecular complexity index is 2540. The Morgan fingerprint density at radius 1 is 0.569 bits per heavy atom. The molecule has 0 amide bonds. The Hall–Kier alpha value is -5.52. The maximum Gasteiger partial charge on any atom is 0.203 e.